The van der Waals surface area contributed by atoms with Crippen LogP contribution in [0.5, 0.6) is 0 Å². The fourth-order valence-corrected chi connectivity index (χ4v) is 3.06. The quantitative estimate of drug-likeness (QED) is 0.803. The van der Waals surface area contributed by atoms with E-state index in [1.54, 1.807) is 0 Å². The normalized spacial score (nSPS) is 12.5. The Morgan fingerprint density at radius 1 is 1.11 bits per heavy atom. The van der Waals surface area contributed by atoms with Gasteiger partial charge in [-0.25, -0.2) is 0 Å². The summed E-state index contributed by atoms with van der Waals surface area (Å²) in [6, 6.07) is 13.5. The molecule has 1 nitrogen and oxygen atoms in total. The second kappa shape index (κ2) is 7.46. The van der Waals surface area contributed by atoms with E-state index < -0.39 is 0 Å². The van der Waals surface area contributed by atoms with Gasteiger partial charge in [-0.15, -0.1) is 11.3 Å². The summed E-state index contributed by atoms with van der Waals surface area (Å²) in [5.74, 6) is 0. The lowest BCUT2D eigenvalue weighted by Gasteiger charge is -2.11. The highest BCUT2D eigenvalue weighted by molar-refractivity contribution is 7.09. The van der Waals surface area contributed by atoms with Crippen LogP contribution in [0.25, 0.3) is 0 Å². The third-order valence-electron chi connectivity index (χ3n) is 3.51. The lowest BCUT2D eigenvalue weighted by atomic mass is 10.00. The number of nitrogens with two attached hydrogens (primary N) is 1. The first-order chi connectivity index (χ1) is 9.28. The van der Waals surface area contributed by atoms with Crippen LogP contribution in [-0.2, 0) is 19.3 Å². The molecular formula is C17H23NS. The molecular weight excluding hydrogens is 250 g/mol. The van der Waals surface area contributed by atoms with Gasteiger partial charge in [0.25, 0.3) is 0 Å². The fraction of sp³-hybridized carbons (Fsp3) is 0.412. The summed E-state index contributed by atoms with van der Waals surface area (Å²) < 4.78 is 0. The van der Waals surface area contributed by atoms with Crippen LogP contribution < -0.4 is 5.73 Å². The summed E-state index contributed by atoms with van der Waals surface area (Å²) in [6.07, 6.45) is 5.56. The van der Waals surface area contributed by atoms with Crippen molar-refractivity contribution >= 4 is 11.3 Å². The van der Waals surface area contributed by atoms with E-state index in [-0.39, 0.29) is 6.04 Å². The van der Waals surface area contributed by atoms with Gasteiger partial charge in [0, 0.05) is 10.9 Å². The molecule has 1 atom stereocenters. The zero-order valence-corrected chi connectivity index (χ0v) is 12.5. The number of rotatable bonds is 7. The predicted molar refractivity (Wildman–Crippen MR) is 84.8 cm³/mol. The Balaban J connectivity index is 1.72. The van der Waals surface area contributed by atoms with Crippen LogP contribution in [0, 0.1) is 0 Å². The zero-order chi connectivity index (χ0) is 13.5. The molecule has 0 saturated carbocycles. The Hall–Kier alpha value is -1.12. The van der Waals surface area contributed by atoms with Crippen LogP contribution >= 0.6 is 11.3 Å². The molecule has 0 spiro atoms. The maximum atomic E-state index is 6.22. The number of thiophene rings is 1. The molecule has 0 radical (unpaired) electrons. The van der Waals surface area contributed by atoms with Gasteiger partial charge >= 0.3 is 0 Å². The molecule has 0 saturated heterocycles. The SMILES string of the molecule is CCc1ccc(CC(N)CCCc2cccs2)cc1. The highest BCUT2D eigenvalue weighted by Gasteiger charge is 2.05. The molecule has 0 amide bonds. The van der Waals surface area contributed by atoms with Gasteiger partial charge in [0.15, 0.2) is 0 Å². The van der Waals surface area contributed by atoms with E-state index in [9.17, 15) is 0 Å². The van der Waals surface area contributed by atoms with Crippen molar-refractivity contribution in [2.45, 2.75) is 45.1 Å². The van der Waals surface area contributed by atoms with Crippen LogP contribution in [0.3, 0.4) is 0 Å². The van der Waals surface area contributed by atoms with Crippen molar-refractivity contribution in [1.29, 1.82) is 0 Å². The third kappa shape index (κ3) is 4.81. The summed E-state index contributed by atoms with van der Waals surface area (Å²) in [4.78, 5) is 1.47. The highest BCUT2D eigenvalue weighted by Crippen LogP contribution is 2.14. The molecule has 0 aliphatic carbocycles. The van der Waals surface area contributed by atoms with E-state index in [1.807, 2.05) is 11.3 Å². The molecule has 1 aromatic carbocycles. The maximum Gasteiger partial charge on any atom is 0.00794 e. The first kappa shape index (κ1) is 14.3. The predicted octanol–water partition coefficient (Wildman–Crippen LogP) is 4.20. The smallest absolute Gasteiger partial charge is 0.00794 e. The van der Waals surface area contributed by atoms with Gasteiger partial charge in [-0.1, -0.05) is 37.3 Å². The lowest BCUT2D eigenvalue weighted by molar-refractivity contribution is 0.582. The average molecular weight is 273 g/mol. The Labute approximate surface area is 120 Å². The largest absolute Gasteiger partial charge is 0.327 e. The Kier molecular flexibility index (Phi) is 5.62. The van der Waals surface area contributed by atoms with Crippen molar-refractivity contribution in [2.75, 3.05) is 0 Å². The van der Waals surface area contributed by atoms with Gasteiger partial charge in [-0.05, 0) is 54.7 Å². The van der Waals surface area contributed by atoms with Crippen LogP contribution in [0.2, 0.25) is 0 Å². The Morgan fingerprint density at radius 3 is 2.47 bits per heavy atom. The molecule has 2 rings (SSSR count). The molecule has 102 valence electrons. The van der Waals surface area contributed by atoms with Gasteiger partial charge in [0.2, 0.25) is 0 Å². The highest BCUT2D eigenvalue weighted by atomic mass is 32.1. The molecule has 0 fully saturated rings. The fourth-order valence-electron chi connectivity index (χ4n) is 2.31. The van der Waals surface area contributed by atoms with Gasteiger partial charge in [0.05, 0.1) is 0 Å². The molecule has 0 aliphatic rings. The lowest BCUT2D eigenvalue weighted by Crippen LogP contribution is -2.22. The monoisotopic (exact) mass is 273 g/mol. The molecule has 2 aromatic rings. The molecule has 2 heteroatoms. The van der Waals surface area contributed by atoms with Crippen LogP contribution in [-0.4, -0.2) is 6.04 Å². The van der Waals surface area contributed by atoms with E-state index >= 15 is 0 Å². The van der Waals surface area contributed by atoms with E-state index in [0.717, 1.165) is 19.3 Å². The minimum Gasteiger partial charge on any atom is -0.327 e. The number of hydrogen-bond donors (Lipinski definition) is 1. The Bertz CT molecular complexity index is 459. The number of hydrogen-bond acceptors (Lipinski definition) is 2. The van der Waals surface area contributed by atoms with E-state index in [4.69, 9.17) is 5.73 Å². The van der Waals surface area contributed by atoms with Crippen molar-refractivity contribution < 1.29 is 0 Å². The summed E-state index contributed by atoms with van der Waals surface area (Å²) in [6.45, 7) is 2.19. The summed E-state index contributed by atoms with van der Waals surface area (Å²) in [7, 11) is 0. The van der Waals surface area contributed by atoms with E-state index in [2.05, 4.69) is 48.7 Å². The van der Waals surface area contributed by atoms with Gasteiger partial charge < -0.3 is 5.73 Å². The van der Waals surface area contributed by atoms with E-state index in [1.165, 1.54) is 28.8 Å². The molecule has 1 heterocycles. The van der Waals surface area contributed by atoms with Crippen molar-refractivity contribution in [3.8, 4) is 0 Å². The molecule has 0 aliphatic heterocycles. The first-order valence-corrected chi connectivity index (χ1v) is 8.01. The minimum absolute atomic E-state index is 0.285. The summed E-state index contributed by atoms with van der Waals surface area (Å²) >= 11 is 1.84. The van der Waals surface area contributed by atoms with Crippen LogP contribution in [0.15, 0.2) is 41.8 Å². The zero-order valence-electron chi connectivity index (χ0n) is 11.6. The number of aryl methyl sites for hydroxylation is 2. The van der Waals surface area contributed by atoms with Gasteiger partial charge in [0.1, 0.15) is 0 Å². The molecule has 0 bridgehead atoms. The minimum atomic E-state index is 0.285. The third-order valence-corrected chi connectivity index (χ3v) is 4.44. The molecule has 1 aromatic heterocycles. The van der Waals surface area contributed by atoms with Crippen LogP contribution in [0.1, 0.15) is 35.8 Å². The second-order valence-electron chi connectivity index (χ2n) is 5.11. The van der Waals surface area contributed by atoms with Crippen LogP contribution in [0.4, 0.5) is 0 Å². The summed E-state index contributed by atoms with van der Waals surface area (Å²) in [5, 5.41) is 2.14. The van der Waals surface area contributed by atoms with Crippen molar-refractivity contribution in [3.05, 3.63) is 57.8 Å². The van der Waals surface area contributed by atoms with Gasteiger partial charge in [-0.2, -0.15) is 0 Å². The van der Waals surface area contributed by atoms with Gasteiger partial charge in [-0.3, -0.25) is 0 Å². The standard InChI is InChI=1S/C17H23NS/c1-2-14-8-10-15(11-9-14)13-16(18)5-3-6-17-7-4-12-19-17/h4,7-12,16H,2-3,5-6,13,18H2,1H3. The summed E-state index contributed by atoms with van der Waals surface area (Å²) in [5.41, 5.74) is 8.98. The molecule has 19 heavy (non-hydrogen) atoms. The van der Waals surface area contributed by atoms with Crippen molar-refractivity contribution in [2.24, 2.45) is 5.73 Å². The van der Waals surface area contributed by atoms with Crippen molar-refractivity contribution in [1.82, 2.24) is 0 Å². The molecule has 1 unspecified atom stereocenters. The number of benzene rings is 1. The second-order valence-corrected chi connectivity index (χ2v) is 6.14. The molecule has 2 N–H and O–H groups in total. The van der Waals surface area contributed by atoms with E-state index in [0.29, 0.717) is 0 Å². The average Bonchev–Trinajstić information content (AvgIpc) is 2.93. The topological polar surface area (TPSA) is 26.0 Å². The maximum absolute atomic E-state index is 6.22. The van der Waals surface area contributed by atoms with Crippen molar-refractivity contribution in [3.63, 3.8) is 0 Å². The first-order valence-electron chi connectivity index (χ1n) is 7.13. The Morgan fingerprint density at radius 2 is 1.84 bits per heavy atom.